The molecule has 1 aliphatic heterocycles. The molecule has 0 saturated carbocycles. The van der Waals surface area contributed by atoms with Gasteiger partial charge in [-0.2, -0.15) is 0 Å². The molecule has 0 aromatic carbocycles. The number of hydrogen-bond acceptors (Lipinski definition) is 10. The molecule has 0 aromatic heterocycles. The van der Waals surface area contributed by atoms with Gasteiger partial charge in [-0.15, -0.1) is 0 Å². The molecule has 1 aliphatic rings. The maximum atomic E-state index is 10.5. The topological polar surface area (TPSA) is 188 Å². The number of aliphatic hydroxyl groups excluding tert-OH is 6. The minimum atomic E-state index is -5.11. The van der Waals surface area contributed by atoms with Crippen LogP contribution in [0.2, 0.25) is 15.5 Å². The van der Waals surface area contributed by atoms with E-state index in [1.54, 1.807) is 0 Å². The number of rotatable bonds is 8. The normalized spacial score (nSPS) is 33.6. The van der Waals surface area contributed by atoms with E-state index in [9.17, 15) is 33.4 Å². The molecule has 1 rings (SSSR count). The van der Waals surface area contributed by atoms with Gasteiger partial charge < -0.3 is 0 Å². The van der Waals surface area contributed by atoms with Crippen molar-refractivity contribution in [1.82, 2.24) is 0 Å². The van der Waals surface area contributed by atoms with Gasteiger partial charge in [0, 0.05) is 0 Å². The zero-order valence-electron chi connectivity index (χ0n) is 11.4. The van der Waals surface area contributed by atoms with Gasteiger partial charge in [-0.3, -0.25) is 0 Å². The molecular weight excluding hydrogens is 391 g/mol. The average Bonchev–Trinajstić information content (AvgIpc) is 2.69. The molecule has 0 spiro atoms. The molecule has 0 aliphatic carbocycles. The average molecular weight is 411 g/mol. The van der Waals surface area contributed by atoms with E-state index in [4.69, 9.17) is 10.2 Å². The van der Waals surface area contributed by atoms with Gasteiger partial charge in [0.15, 0.2) is 0 Å². The molecule has 6 N–H and O–H groups in total. The summed E-state index contributed by atoms with van der Waals surface area (Å²) in [6.45, 7) is -1.56. The first-order valence-corrected chi connectivity index (χ1v) is 11.1. The van der Waals surface area contributed by atoms with Crippen molar-refractivity contribution in [3.8, 4) is 0 Å². The Morgan fingerprint density at radius 3 is 2.27 bits per heavy atom. The second kappa shape index (κ2) is 8.31. The summed E-state index contributed by atoms with van der Waals surface area (Å²) in [4.78, 5) is -0.821. The van der Waals surface area contributed by atoms with E-state index in [2.05, 4.69) is 4.18 Å². The Labute approximate surface area is 131 Å². The van der Waals surface area contributed by atoms with Crippen LogP contribution in [0.15, 0.2) is 0 Å². The summed E-state index contributed by atoms with van der Waals surface area (Å²) in [5.41, 5.74) is 0. The third-order valence-corrected chi connectivity index (χ3v) is 9.87. The van der Waals surface area contributed by atoms with Crippen LogP contribution in [0.4, 0.5) is 0 Å². The fraction of sp³-hybridized carbons (Fsp3) is 1.00. The predicted molar refractivity (Wildman–Crippen MR) is 71.9 cm³/mol. The minimum absolute atomic E-state index is 0.113. The zero-order valence-corrected chi connectivity index (χ0v) is 14.0. The Morgan fingerprint density at radius 1 is 1.23 bits per heavy atom. The second-order valence-electron chi connectivity index (χ2n) is 4.94. The number of hydrogen-bond donors (Lipinski definition) is 6. The predicted octanol–water partition coefficient (Wildman–Crippen LogP) is -3.86. The third kappa shape index (κ3) is 5.35. The van der Waals surface area contributed by atoms with Crippen LogP contribution in [0, 0.1) is 0 Å². The van der Waals surface area contributed by atoms with Gasteiger partial charge in [0.2, 0.25) is 0 Å². The summed E-state index contributed by atoms with van der Waals surface area (Å²) in [5.74, 6) is 0. The molecule has 7 atom stereocenters. The van der Waals surface area contributed by atoms with Gasteiger partial charge in [-0.25, -0.2) is 0 Å². The summed E-state index contributed by atoms with van der Waals surface area (Å²) in [6.07, 6.45) is -6.87. The van der Waals surface area contributed by atoms with Crippen LogP contribution >= 0.6 is 0 Å². The van der Waals surface area contributed by atoms with Gasteiger partial charge in [-0.05, 0) is 0 Å². The van der Waals surface area contributed by atoms with Crippen LogP contribution in [0.1, 0.15) is 0 Å². The van der Waals surface area contributed by atoms with Crippen LogP contribution in [0.3, 0.4) is 0 Å². The number of aliphatic hydroxyl groups is 6. The van der Waals surface area contributed by atoms with Gasteiger partial charge in [0.1, 0.15) is 0 Å². The zero-order chi connectivity index (χ0) is 17.1. The van der Waals surface area contributed by atoms with Crippen molar-refractivity contribution >= 4 is 24.3 Å². The first kappa shape index (κ1) is 20.2. The molecule has 1 fully saturated rings. The molecular formula is C10H20O10SSe. The molecule has 0 bridgehead atoms. The summed E-state index contributed by atoms with van der Waals surface area (Å²) in [6, 6.07) is 0. The van der Waals surface area contributed by atoms with Crippen LogP contribution < -0.4 is 0 Å². The summed E-state index contributed by atoms with van der Waals surface area (Å²) >= 11 is -2.08. The standard InChI is InChI=1S/C10H20O10SSe/c11-1-5(13)10-9(16)7(15)4-22(10)3-6(14)8(2-12)20-21(17,18)19/h5-16H,1-4H2/t5-,6-,7+,8+,9+,10?,22?/m1/s1. The fourth-order valence-electron chi connectivity index (χ4n) is 2.27. The van der Waals surface area contributed by atoms with Crippen molar-refractivity contribution in [3.63, 3.8) is 0 Å². The monoisotopic (exact) mass is 412 g/mol. The fourth-order valence-corrected chi connectivity index (χ4v) is 9.01. The summed E-state index contributed by atoms with van der Waals surface area (Å²) in [5, 5.41) is 57.1. The van der Waals surface area contributed by atoms with Crippen molar-refractivity contribution in [2.75, 3.05) is 13.2 Å². The van der Waals surface area contributed by atoms with Crippen molar-refractivity contribution in [2.24, 2.45) is 0 Å². The Hall–Kier alpha value is 0.149. The SMILES string of the molecule is O=S(=O)([O-])O[C@@H](CO)[C@H](O)C[Se+]1C[C@H](O)[C@H](O)C1[C@H](O)CO. The van der Waals surface area contributed by atoms with Crippen LogP contribution in [0.25, 0.3) is 0 Å². The quantitative estimate of drug-likeness (QED) is 0.131. The second-order valence-corrected chi connectivity index (χ2v) is 10.7. The van der Waals surface area contributed by atoms with Gasteiger partial charge in [0.05, 0.1) is 0 Å². The van der Waals surface area contributed by atoms with E-state index in [0.29, 0.717) is 0 Å². The van der Waals surface area contributed by atoms with Gasteiger partial charge in [-0.1, -0.05) is 0 Å². The first-order chi connectivity index (χ1) is 10.1. The third-order valence-electron chi connectivity index (χ3n) is 3.30. The Kier molecular flexibility index (Phi) is 7.63. The summed E-state index contributed by atoms with van der Waals surface area (Å²) in [7, 11) is -5.11. The van der Waals surface area contributed by atoms with Crippen LogP contribution in [0.5, 0.6) is 0 Å². The van der Waals surface area contributed by atoms with E-state index in [0.717, 1.165) is 0 Å². The molecule has 1 saturated heterocycles. The van der Waals surface area contributed by atoms with E-state index in [1.165, 1.54) is 0 Å². The van der Waals surface area contributed by atoms with Crippen LogP contribution in [-0.4, -0.2) is 101 Å². The Bertz CT molecular complexity index is 445. The molecule has 22 heavy (non-hydrogen) atoms. The Morgan fingerprint density at radius 2 is 1.82 bits per heavy atom. The maximum absolute atomic E-state index is 10.5. The molecule has 0 radical (unpaired) electrons. The van der Waals surface area contributed by atoms with Crippen molar-refractivity contribution in [2.45, 2.75) is 46.0 Å². The van der Waals surface area contributed by atoms with E-state index in [1.807, 2.05) is 0 Å². The Balaban J connectivity index is 2.77. The van der Waals surface area contributed by atoms with Crippen LogP contribution in [-0.2, 0) is 14.6 Å². The molecule has 12 heteroatoms. The molecule has 132 valence electrons. The molecule has 0 amide bonds. The van der Waals surface area contributed by atoms with Gasteiger partial charge >= 0.3 is 131 Å². The van der Waals surface area contributed by atoms with E-state index in [-0.39, 0.29) is 10.6 Å². The summed E-state index contributed by atoms with van der Waals surface area (Å²) < 4.78 is 35.6. The van der Waals surface area contributed by atoms with Crippen molar-refractivity contribution in [1.29, 1.82) is 0 Å². The van der Waals surface area contributed by atoms with Gasteiger partial charge in [0.25, 0.3) is 0 Å². The van der Waals surface area contributed by atoms with Crippen molar-refractivity contribution < 1.29 is 47.8 Å². The molecule has 2 unspecified atom stereocenters. The first-order valence-electron chi connectivity index (χ1n) is 6.35. The van der Waals surface area contributed by atoms with E-state index < -0.39 is 72.8 Å². The molecule has 10 nitrogen and oxygen atoms in total. The van der Waals surface area contributed by atoms with Crippen molar-refractivity contribution in [3.05, 3.63) is 0 Å². The molecule has 1 heterocycles. The van der Waals surface area contributed by atoms with E-state index >= 15 is 0 Å². The molecule has 0 aromatic rings.